The average Bonchev–Trinajstić information content (AvgIpc) is 3.19. The van der Waals surface area contributed by atoms with Crippen molar-refractivity contribution in [1.29, 1.82) is 0 Å². The Morgan fingerprint density at radius 1 is 1.31 bits per heavy atom. The van der Waals surface area contributed by atoms with Crippen LogP contribution in [-0.2, 0) is 14.3 Å². The van der Waals surface area contributed by atoms with Crippen LogP contribution in [-0.4, -0.2) is 43.0 Å². The molecule has 0 radical (unpaired) electrons. The van der Waals surface area contributed by atoms with Crippen molar-refractivity contribution < 1.29 is 24.2 Å². The number of hydrogen-bond acceptors (Lipinski definition) is 5. The number of unbranched alkanes of at least 4 members (excludes halogenated alkanes) is 1. The molecular weight excluding hydrogens is 390 g/mol. The van der Waals surface area contributed by atoms with Crippen molar-refractivity contribution >= 4 is 34.5 Å². The minimum absolute atomic E-state index is 0.0537. The Bertz CT molecular complexity index is 750. The normalized spacial score (nSPS) is 18.9. The maximum Gasteiger partial charge on any atom is 0.348 e. The quantitative estimate of drug-likeness (QED) is 0.644. The first-order valence-electron chi connectivity index (χ1n) is 10.6. The molecule has 1 aliphatic heterocycles. The highest BCUT2D eigenvalue weighted by Gasteiger charge is 2.34. The Hall–Kier alpha value is -1.70. The topological polar surface area (TPSA) is 76.1 Å². The predicted molar refractivity (Wildman–Crippen MR) is 114 cm³/mol. The van der Waals surface area contributed by atoms with E-state index in [1.54, 1.807) is 4.90 Å². The van der Waals surface area contributed by atoms with Crippen molar-refractivity contribution in [3.63, 3.8) is 0 Å². The molecule has 1 fully saturated rings. The van der Waals surface area contributed by atoms with Crippen LogP contribution >= 0.6 is 11.3 Å². The molecule has 0 bridgehead atoms. The van der Waals surface area contributed by atoms with E-state index in [2.05, 4.69) is 13.0 Å². The standard InChI is InChI=1S/C22H31NO5S/c1-3-4-8-15(2)21(24)23(17-12-27-14-28-13-17)18-11-19(29-20(18)22(25)26)16-9-6-5-7-10-16/h9,11,15,17H,3-8,10,12-14H2,1-2H3,(H,25,26). The molecule has 2 heterocycles. The number of aromatic carboxylic acids is 1. The van der Waals surface area contributed by atoms with Gasteiger partial charge in [0.05, 0.1) is 24.9 Å². The van der Waals surface area contributed by atoms with Gasteiger partial charge in [-0.25, -0.2) is 4.79 Å². The largest absolute Gasteiger partial charge is 0.477 e. The van der Waals surface area contributed by atoms with Gasteiger partial charge in [-0.1, -0.05) is 32.8 Å². The summed E-state index contributed by atoms with van der Waals surface area (Å²) in [7, 11) is 0. The minimum Gasteiger partial charge on any atom is -0.477 e. The van der Waals surface area contributed by atoms with E-state index in [0.717, 1.165) is 43.4 Å². The smallest absolute Gasteiger partial charge is 0.348 e. The molecule has 29 heavy (non-hydrogen) atoms. The van der Waals surface area contributed by atoms with Crippen LogP contribution < -0.4 is 4.90 Å². The Morgan fingerprint density at radius 2 is 2.07 bits per heavy atom. The lowest BCUT2D eigenvalue weighted by Gasteiger charge is -2.35. The summed E-state index contributed by atoms with van der Waals surface area (Å²) in [6.07, 6.45) is 9.22. The monoisotopic (exact) mass is 421 g/mol. The number of carboxylic acid groups (broad SMARTS) is 1. The van der Waals surface area contributed by atoms with Gasteiger partial charge in [-0.3, -0.25) is 4.79 Å². The molecule has 1 aliphatic carbocycles. The Kier molecular flexibility index (Phi) is 7.86. The van der Waals surface area contributed by atoms with Crippen molar-refractivity contribution in [2.45, 2.75) is 64.8 Å². The van der Waals surface area contributed by atoms with E-state index in [9.17, 15) is 14.7 Å². The van der Waals surface area contributed by atoms with Crippen LogP contribution in [0.25, 0.3) is 5.57 Å². The number of thiophene rings is 1. The fourth-order valence-corrected chi connectivity index (χ4v) is 4.98. The molecular formula is C22H31NO5S. The number of amides is 1. The second kappa shape index (κ2) is 10.4. The van der Waals surface area contributed by atoms with Crippen molar-refractivity contribution in [3.8, 4) is 0 Å². The van der Waals surface area contributed by atoms with Crippen molar-refractivity contribution in [2.75, 3.05) is 24.9 Å². The van der Waals surface area contributed by atoms with Crippen LogP contribution in [0.2, 0.25) is 0 Å². The van der Waals surface area contributed by atoms with Crippen LogP contribution in [0.3, 0.4) is 0 Å². The molecule has 2 aliphatic rings. The Morgan fingerprint density at radius 3 is 2.69 bits per heavy atom. The van der Waals surface area contributed by atoms with Crippen LogP contribution in [0, 0.1) is 5.92 Å². The van der Waals surface area contributed by atoms with Gasteiger partial charge in [0, 0.05) is 10.8 Å². The lowest BCUT2D eigenvalue weighted by atomic mass is 9.98. The molecule has 0 saturated carbocycles. The Balaban J connectivity index is 1.99. The van der Waals surface area contributed by atoms with Crippen LogP contribution in [0.1, 0.15) is 73.3 Å². The fourth-order valence-electron chi connectivity index (χ4n) is 3.92. The molecule has 160 valence electrons. The molecule has 1 saturated heterocycles. The number of nitrogens with zero attached hydrogens (tertiary/aromatic N) is 1. The van der Waals surface area contributed by atoms with Crippen LogP contribution in [0.15, 0.2) is 12.1 Å². The zero-order valence-electron chi connectivity index (χ0n) is 17.3. The van der Waals surface area contributed by atoms with Crippen molar-refractivity contribution in [3.05, 3.63) is 21.9 Å². The molecule has 1 unspecified atom stereocenters. The molecule has 7 heteroatoms. The van der Waals surface area contributed by atoms with Crippen LogP contribution in [0.5, 0.6) is 0 Å². The molecule has 1 aromatic heterocycles. The number of hydrogen-bond donors (Lipinski definition) is 1. The van der Waals surface area contributed by atoms with Gasteiger partial charge >= 0.3 is 5.97 Å². The maximum absolute atomic E-state index is 13.4. The van der Waals surface area contributed by atoms with E-state index >= 15 is 0 Å². The lowest BCUT2D eigenvalue weighted by Crippen LogP contribution is -2.50. The third-order valence-electron chi connectivity index (χ3n) is 5.58. The zero-order chi connectivity index (χ0) is 20.8. The van der Waals surface area contributed by atoms with Gasteiger partial charge in [-0.2, -0.15) is 0 Å². The Labute approximate surface area is 176 Å². The number of carbonyl (C=O) groups excluding carboxylic acids is 1. The zero-order valence-corrected chi connectivity index (χ0v) is 18.1. The number of carbonyl (C=O) groups is 2. The highest BCUT2D eigenvalue weighted by atomic mass is 32.1. The van der Waals surface area contributed by atoms with Crippen molar-refractivity contribution in [2.24, 2.45) is 5.92 Å². The van der Waals surface area contributed by atoms with Crippen molar-refractivity contribution in [1.82, 2.24) is 0 Å². The first-order chi connectivity index (χ1) is 14.0. The van der Waals surface area contributed by atoms with Crippen LogP contribution in [0.4, 0.5) is 5.69 Å². The number of anilines is 1. The molecule has 1 aromatic rings. The summed E-state index contributed by atoms with van der Waals surface area (Å²) in [6.45, 7) is 4.92. The summed E-state index contributed by atoms with van der Waals surface area (Å²) in [5, 5.41) is 9.88. The van der Waals surface area contributed by atoms with Gasteiger partial charge < -0.3 is 19.5 Å². The van der Waals surface area contributed by atoms with Gasteiger partial charge in [0.1, 0.15) is 11.7 Å². The molecule has 1 N–H and O–H groups in total. The first kappa shape index (κ1) is 22.0. The van der Waals surface area contributed by atoms with E-state index in [1.807, 2.05) is 13.0 Å². The molecule has 6 nitrogen and oxygen atoms in total. The second-order valence-electron chi connectivity index (χ2n) is 7.87. The third kappa shape index (κ3) is 5.27. The summed E-state index contributed by atoms with van der Waals surface area (Å²) in [4.78, 5) is 28.3. The van der Waals surface area contributed by atoms with Gasteiger partial charge in [0.2, 0.25) is 5.91 Å². The summed E-state index contributed by atoms with van der Waals surface area (Å²) in [5.74, 6) is -1.23. The minimum atomic E-state index is -0.996. The number of ether oxygens (including phenoxy) is 2. The predicted octanol–water partition coefficient (Wildman–Crippen LogP) is 4.94. The molecule has 1 amide bonds. The number of carboxylic acids is 1. The van der Waals surface area contributed by atoms with Gasteiger partial charge in [-0.05, 0) is 43.7 Å². The molecule has 1 atom stereocenters. The molecule has 3 rings (SSSR count). The summed E-state index contributed by atoms with van der Waals surface area (Å²) in [6, 6.07) is 1.57. The summed E-state index contributed by atoms with van der Waals surface area (Å²) < 4.78 is 10.9. The first-order valence-corrected chi connectivity index (χ1v) is 11.4. The molecule has 0 spiro atoms. The maximum atomic E-state index is 13.4. The van der Waals surface area contributed by atoms with E-state index in [1.165, 1.54) is 23.3 Å². The SMILES string of the molecule is CCCCC(C)C(=O)N(c1cc(C2=CCCCC2)sc1C(=O)O)C1COCOC1. The molecule has 0 aromatic carbocycles. The fraction of sp³-hybridized carbons (Fsp3) is 0.636. The van der Waals surface area contributed by atoms with Gasteiger partial charge in [0.25, 0.3) is 0 Å². The number of allylic oxidation sites excluding steroid dienone is 2. The van der Waals surface area contributed by atoms with E-state index in [4.69, 9.17) is 9.47 Å². The number of rotatable bonds is 8. The highest BCUT2D eigenvalue weighted by molar-refractivity contribution is 7.15. The summed E-state index contributed by atoms with van der Waals surface area (Å²) in [5.41, 5.74) is 1.67. The van der Waals surface area contributed by atoms with E-state index in [0.29, 0.717) is 18.9 Å². The average molecular weight is 422 g/mol. The van der Waals surface area contributed by atoms with Gasteiger partial charge in [0.15, 0.2) is 0 Å². The van der Waals surface area contributed by atoms with Gasteiger partial charge in [-0.15, -0.1) is 11.3 Å². The highest BCUT2D eigenvalue weighted by Crippen LogP contribution is 2.39. The third-order valence-corrected chi connectivity index (χ3v) is 6.76. The summed E-state index contributed by atoms with van der Waals surface area (Å²) >= 11 is 1.27. The van der Waals surface area contributed by atoms with E-state index < -0.39 is 5.97 Å². The second-order valence-corrected chi connectivity index (χ2v) is 8.92. The lowest BCUT2D eigenvalue weighted by molar-refractivity contribution is -0.130. The van der Waals surface area contributed by atoms with E-state index in [-0.39, 0.29) is 29.5 Å².